The van der Waals surface area contributed by atoms with Gasteiger partial charge >= 0.3 is 5.97 Å². The molecule has 3 heteroatoms. The highest BCUT2D eigenvalue weighted by molar-refractivity contribution is 5.89. The highest BCUT2D eigenvalue weighted by Gasteiger charge is 2.09. The van der Waals surface area contributed by atoms with E-state index in [0.29, 0.717) is 12.2 Å². The Labute approximate surface area is 161 Å². The number of ether oxygens (including phenoxy) is 1. The lowest BCUT2D eigenvalue weighted by Crippen LogP contribution is -2.13. The average Bonchev–Trinajstić information content (AvgIpc) is 3.50. The summed E-state index contributed by atoms with van der Waals surface area (Å²) in [5.41, 5.74) is 6.53. The number of hydrogen-bond donors (Lipinski definition) is 1. The van der Waals surface area contributed by atoms with E-state index in [9.17, 15) is 4.79 Å². The second-order valence-corrected chi connectivity index (χ2v) is 6.68. The van der Waals surface area contributed by atoms with Gasteiger partial charge in [0.25, 0.3) is 0 Å². The Hall–Kier alpha value is -2.83. The van der Waals surface area contributed by atoms with Crippen LogP contribution in [0.25, 0.3) is 0 Å². The summed E-state index contributed by atoms with van der Waals surface area (Å²) in [6.45, 7) is 6.11. The largest absolute Gasteiger partial charge is 0.462 e. The van der Waals surface area contributed by atoms with E-state index < -0.39 is 0 Å². The van der Waals surface area contributed by atoms with Crippen molar-refractivity contribution in [3.8, 4) is 11.8 Å². The summed E-state index contributed by atoms with van der Waals surface area (Å²) in [5.74, 6) is 6.05. The van der Waals surface area contributed by atoms with E-state index in [2.05, 4.69) is 48.4 Å². The molecule has 1 fully saturated rings. The molecule has 1 N–H and O–H groups in total. The fourth-order valence-corrected chi connectivity index (χ4v) is 2.72. The van der Waals surface area contributed by atoms with Gasteiger partial charge in [-0.1, -0.05) is 29.6 Å². The molecule has 1 aliphatic rings. The molecule has 0 saturated heterocycles. The zero-order valence-corrected chi connectivity index (χ0v) is 16.0. The quantitative estimate of drug-likeness (QED) is 0.360. The number of nitrogens with one attached hydrogen (secondary N) is 1. The van der Waals surface area contributed by atoms with Gasteiger partial charge in [0.2, 0.25) is 0 Å². The highest BCUT2D eigenvalue weighted by atomic mass is 16.5. The van der Waals surface area contributed by atoms with Gasteiger partial charge in [-0.25, -0.2) is 4.79 Å². The van der Waals surface area contributed by atoms with E-state index in [1.807, 2.05) is 12.1 Å². The van der Waals surface area contributed by atoms with Crippen LogP contribution in [0.2, 0.25) is 0 Å². The van der Waals surface area contributed by atoms with E-state index in [-0.39, 0.29) is 5.97 Å². The maximum Gasteiger partial charge on any atom is 0.338 e. The molecule has 2 aromatic rings. The standard InChI is InChI=1S/C24H25NO2/c1-3-27-24(26)22-11-8-19(9-12-22)6-7-21-10-13-23(18(2)16-21)17-25-15-14-20-4-5-20/h8-14,16,25H,3-5,15,17H2,1-2H3. The fraction of sp³-hybridized carbons (Fsp3) is 0.292. The SMILES string of the molecule is CCOC(=O)c1ccc(C#Cc2ccc(CNCC=C3CC3)c(C)c2)cc1. The molecule has 0 aromatic heterocycles. The maximum atomic E-state index is 11.7. The first kappa shape index (κ1) is 18.9. The van der Waals surface area contributed by atoms with Crippen molar-refractivity contribution in [3.05, 3.63) is 81.9 Å². The summed E-state index contributed by atoms with van der Waals surface area (Å²) in [6.07, 6.45) is 4.85. The van der Waals surface area contributed by atoms with Crippen LogP contribution < -0.4 is 5.32 Å². The number of aryl methyl sites for hydroxylation is 1. The molecular weight excluding hydrogens is 334 g/mol. The van der Waals surface area contributed by atoms with Gasteiger partial charge in [0.15, 0.2) is 0 Å². The molecule has 27 heavy (non-hydrogen) atoms. The molecular formula is C24H25NO2. The molecule has 138 valence electrons. The number of rotatable bonds is 6. The van der Waals surface area contributed by atoms with Crippen LogP contribution >= 0.6 is 0 Å². The van der Waals surface area contributed by atoms with Crippen molar-refractivity contribution >= 4 is 5.97 Å². The van der Waals surface area contributed by atoms with Crippen molar-refractivity contribution in [2.24, 2.45) is 0 Å². The summed E-state index contributed by atoms with van der Waals surface area (Å²) in [4.78, 5) is 11.7. The number of esters is 1. The Balaban J connectivity index is 1.59. The Morgan fingerprint density at radius 2 is 1.81 bits per heavy atom. The highest BCUT2D eigenvalue weighted by Crippen LogP contribution is 2.26. The van der Waals surface area contributed by atoms with Gasteiger partial charge < -0.3 is 10.1 Å². The van der Waals surface area contributed by atoms with E-state index in [0.717, 1.165) is 24.2 Å². The van der Waals surface area contributed by atoms with Crippen LogP contribution in [-0.2, 0) is 11.3 Å². The first-order chi connectivity index (χ1) is 13.2. The van der Waals surface area contributed by atoms with Crippen molar-refractivity contribution in [2.45, 2.75) is 33.2 Å². The van der Waals surface area contributed by atoms with Gasteiger partial charge in [-0.05, 0) is 74.2 Å². The van der Waals surface area contributed by atoms with Crippen LogP contribution in [0, 0.1) is 18.8 Å². The van der Waals surface area contributed by atoms with Crippen molar-refractivity contribution in [3.63, 3.8) is 0 Å². The minimum absolute atomic E-state index is 0.301. The molecule has 0 amide bonds. The molecule has 0 aliphatic heterocycles. The molecule has 3 nitrogen and oxygen atoms in total. The van der Waals surface area contributed by atoms with E-state index in [1.54, 1.807) is 24.6 Å². The third-order valence-corrected chi connectivity index (χ3v) is 4.48. The predicted molar refractivity (Wildman–Crippen MR) is 109 cm³/mol. The third-order valence-electron chi connectivity index (χ3n) is 4.48. The average molecular weight is 359 g/mol. The van der Waals surface area contributed by atoms with Crippen LogP contribution in [-0.4, -0.2) is 19.1 Å². The predicted octanol–water partition coefficient (Wildman–Crippen LogP) is 4.38. The smallest absolute Gasteiger partial charge is 0.338 e. The monoisotopic (exact) mass is 359 g/mol. The molecule has 0 bridgehead atoms. The normalized spacial score (nSPS) is 12.1. The molecule has 0 radical (unpaired) electrons. The molecule has 1 aliphatic carbocycles. The molecule has 1 saturated carbocycles. The zero-order chi connectivity index (χ0) is 19.1. The maximum absolute atomic E-state index is 11.7. The number of hydrogen-bond acceptors (Lipinski definition) is 3. The van der Waals surface area contributed by atoms with E-state index in [1.165, 1.54) is 24.0 Å². The molecule has 0 spiro atoms. The minimum Gasteiger partial charge on any atom is -0.462 e. The molecule has 3 rings (SSSR count). The summed E-state index contributed by atoms with van der Waals surface area (Å²) in [5, 5.41) is 3.46. The van der Waals surface area contributed by atoms with Crippen molar-refractivity contribution in [2.75, 3.05) is 13.2 Å². The third kappa shape index (κ3) is 5.84. The lowest BCUT2D eigenvalue weighted by molar-refractivity contribution is 0.0526. The molecule has 0 unspecified atom stereocenters. The van der Waals surface area contributed by atoms with Crippen molar-refractivity contribution < 1.29 is 9.53 Å². The van der Waals surface area contributed by atoms with E-state index >= 15 is 0 Å². The lowest BCUT2D eigenvalue weighted by Gasteiger charge is -2.06. The van der Waals surface area contributed by atoms with Crippen LogP contribution in [0.5, 0.6) is 0 Å². The second kappa shape index (κ2) is 9.21. The van der Waals surface area contributed by atoms with Crippen LogP contribution in [0.1, 0.15) is 52.4 Å². The van der Waals surface area contributed by atoms with Crippen LogP contribution in [0.4, 0.5) is 0 Å². The van der Waals surface area contributed by atoms with Crippen molar-refractivity contribution in [1.82, 2.24) is 5.32 Å². The number of carbonyl (C=O) groups excluding carboxylic acids is 1. The summed E-state index contributed by atoms with van der Waals surface area (Å²) in [7, 11) is 0. The first-order valence-electron chi connectivity index (χ1n) is 9.43. The number of benzene rings is 2. The van der Waals surface area contributed by atoms with Gasteiger partial charge in [0, 0.05) is 24.2 Å². The number of allylic oxidation sites excluding steroid dienone is 1. The van der Waals surface area contributed by atoms with Crippen LogP contribution in [0.3, 0.4) is 0 Å². The Morgan fingerprint density at radius 1 is 1.11 bits per heavy atom. The first-order valence-corrected chi connectivity index (χ1v) is 9.43. The Bertz CT molecular complexity index is 892. The Morgan fingerprint density at radius 3 is 2.48 bits per heavy atom. The van der Waals surface area contributed by atoms with Gasteiger partial charge in [-0.15, -0.1) is 0 Å². The lowest BCUT2D eigenvalue weighted by atomic mass is 10.0. The zero-order valence-electron chi connectivity index (χ0n) is 16.0. The second-order valence-electron chi connectivity index (χ2n) is 6.68. The molecule has 0 atom stereocenters. The fourth-order valence-electron chi connectivity index (χ4n) is 2.72. The van der Waals surface area contributed by atoms with E-state index in [4.69, 9.17) is 4.74 Å². The van der Waals surface area contributed by atoms with Gasteiger partial charge in [-0.3, -0.25) is 0 Å². The van der Waals surface area contributed by atoms with Gasteiger partial charge in [-0.2, -0.15) is 0 Å². The summed E-state index contributed by atoms with van der Waals surface area (Å²) < 4.78 is 4.99. The topological polar surface area (TPSA) is 38.3 Å². The summed E-state index contributed by atoms with van der Waals surface area (Å²) >= 11 is 0. The summed E-state index contributed by atoms with van der Waals surface area (Å²) in [6, 6.07) is 13.5. The number of carbonyl (C=O) groups is 1. The van der Waals surface area contributed by atoms with Gasteiger partial charge in [0.1, 0.15) is 0 Å². The van der Waals surface area contributed by atoms with Crippen LogP contribution in [0.15, 0.2) is 54.1 Å². The van der Waals surface area contributed by atoms with Crippen molar-refractivity contribution in [1.29, 1.82) is 0 Å². The molecule has 2 aromatic carbocycles. The molecule has 0 heterocycles. The van der Waals surface area contributed by atoms with Gasteiger partial charge in [0.05, 0.1) is 12.2 Å². The Kier molecular flexibility index (Phi) is 6.46. The minimum atomic E-state index is -0.301.